The summed E-state index contributed by atoms with van der Waals surface area (Å²) >= 11 is 7.11. The normalized spacial score (nSPS) is 12.6. The van der Waals surface area contributed by atoms with Gasteiger partial charge in [-0.3, -0.25) is 0 Å². The quantitative estimate of drug-likeness (QED) is 0.752. The Morgan fingerprint density at radius 1 is 1.60 bits per heavy atom. The first-order valence-electron chi connectivity index (χ1n) is 4.31. The molecule has 0 saturated carbocycles. The van der Waals surface area contributed by atoms with E-state index in [1.807, 2.05) is 0 Å². The Morgan fingerprint density at radius 2 is 2.40 bits per heavy atom. The summed E-state index contributed by atoms with van der Waals surface area (Å²) in [5.41, 5.74) is 1.40. The molecule has 15 heavy (non-hydrogen) atoms. The lowest BCUT2D eigenvalue weighted by atomic mass is 10.3. The summed E-state index contributed by atoms with van der Waals surface area (Å²) in [6, 6.07) is 7.36. The average molecular weight is 239 g/mol. The van der Waals surface area contributed by atoms with Crippen molar-refractivity contribution < 1.29 is 4.42 Å². The second kappa shape index (κ2) is 4.13. The molecule has 0 radical (unpaired) electrons. The SMILES string of the molecule is CC(C#N)Sc1nc2cc(Cl)ccc2o1. The van der Waals surface area contributed by atoms with Gasteiger partial charge in [0.1, 0.15) is 5.52 Å². The number of thioether (sulfide) groups is 1. The second-order valence-corrected chi connectivity index (χ2v) is 4.71. The van der Waals surface area contributed by atoms with Gasteiger partial charge >= 0.3 is 0 Å². The van der Waals surface area contributed by atoms with Crippen molar-refractivity contribution >= 4 is 34.5 Å². The van der Waals surface area contributed by atoms with Gasteiger partial charge in [0.15, 0.2) is 5.58 Å². The summed E-state index contributed by atoms with van der Waals surface area (Å²) in [4.78, 5) is 4.22. The lowest BCUT2D eigenvalue weighted by Crippen LogP contribution is -1.88. The molecule has 0 aliphatic carbocycles. The van der Waals surface area contributed by atoms with Crippen LogP contribution < -0.4 is 0 Å². The van der Waals surface area contributed by atoms with E-state index in [0.717, 1.165) is 5.52 Å². The van der Waals surface area contributed by atoms with Crippen molar-refractivity contribution in [1.29, 1.82) is 5.26 Å². The maximum atomic E-state index is 8.65. The zero-order chi connectivity index (χ0) is 10.8. The van der Waals surface area contributed by atoms with E-state index in [-0.39, 0.29) is 5.25 Å². The minimum atomic E-state index is -0.173. The van der Waals surface area contributed by atoms with Gasteiger partial charge in [0, 0.05) is 5.02 Å². The molecule has 0 aliphatic rings. The van der Waals surface area contributed by atoms with Gasteiger partial charge in [0.25, 0.3) is 5.22 Å². The average Bonchev–Trinajstić information content (AvgIpc) is 2.59. The lowest BCUT2D eigenvalue weighted by molar-refractivity contribution is 0.489. The second-order valence-electron chi connectivity index (χ2n) is 2.98. The topological polar surface area (TPSA) is 49.8 Å². The van der Waals surface area contributed by atoms with Gasteiger partial charge in [-0.1, -0.05) is 11.6 Å². The van der Waals surface area contributed by atoms with Gasteiger partial charge in [0.2, 0.25) is 0 Å². The molecule has 0 amide bonds. The maximum absolute atomic E-state index is 8.65. The predicted octanol–water partition coefficient (Wildman–Crippen LogP) is 3.49. The van der Waals surface area contributed by atoms with E-state index < -0.39 is 0 Å². The van der Waals surface area contributed by atoms with Crippen molar-refractivity contribution in [3.05, 3.63) is 23.2 Å². The molecule has 1 aromatic carbocycles. The molecule has 0 aliphatic heterocycles. The maximum Gasteiger partial charge on any atom is 0.258 e. The fourth-order valence-corrected chi connectivity index (χ4v) is 1.92. The van der Waals surface area contributed by atoms with E-state index in [1.165, 1.54) is 11.8 Å². The summed E-state index contributed by atoms with van der Waals surface area (Å²) in [5, 5.41) is 9.61. The molecule has 2 aromatic rings. The van der Waals surface area contributed by atoms with Gasteiger partial charge in [-0.25, -0.2) is 4.98 Å². The molecule has 1 atom stereocenters. The van der Waals surface area contributed by atoms with Crippen LogP contribution in [0.1, 0.15) is 6.92 Å². The van der Waals surface area contributed by atoms with Gasteiger partial charge in [-0.15, -0.1) is 0 Å². The summed E-state index contributed by atoms with van der Waals surface area (Å²) in [7, 11) is 0. The number of nitriles is 1. The van der Waals surface area contributed by atoms with Crippen molar-refractivity contribution in [2.24, 2.45) is 0 Å². The Hall–Kier alpha value is -1.18. The molecular weight excluding hydrogens is 232 g/mol. The monoisotopic (exact) mass is 238 g/mol. The smallest absolute Gasteiger partial charge is 0.258 e. The highest BCUT2D eigenvalue weighted by molar-refractivity contribution is 7.99. The van der Waals surface area contributed by atoms with Crippen LogP contribution in [-0.2, 0) is 0 Å². The Morgan fingerprint density at radius 3 is 3.13 bits per heavy atom. The highest BCUT2D eigenvalue weighted by atomic mass is 35.5. The fourth-order valence-electron chi connectivity index (χ4n) is 1.11. The number of benzene rings is 1. The van der Waals surface area contributed by atoms with Crippen LogP contribution in [0, 0.1) is 11.3 Å². The number of fused-ring (bicyclic) bond motifs is 1. The Kier molecular flexibility index (Phi) is 2.85. The molecule has 0 spiro atoms. The molecule has 1 unspecified atom stereocenters. The van der Waals surface area contributed by atoms with Gasteiger partial charge < -0.3 is 4.42 Å². The van der Waals surface area contributed by atoms with Crippen molar-refractivity contribution in [2.45, 2.75) is 17.4 Å². The van der Waals surface area contributed by atoms with Gasteiger partial charge in [-0.2, -0.15) is 5.26 Å². The Bertz CT molecular complexity index is 532. The van der Waals surface area contributed by atoms with E-state index in [0.29, 0.717) is 15.8 Å². The van der Waals surface area contributed by atoms with Gasteiger partial charge in [0.05, 0.1) is 11.3 Å². The molecule has 0 fully saturated rings. The molecule has 5 heteroatoms. The van der Waals surface area contributed by atoms with Crippen LogP contribution in [0.3, 0.4) is 0 Å². The van der Waals surface area contributed by atoms with Crippen LogP contribution in [0.25, 0.3) is 11.1 Å². The standard InChI is InChI=1S/C10H7ClN2OS/c1-6(5-12)15-10-13-8-4-7(11)2-3-9(8)14-10/h2-4,6H,1H3. The third-order valence-corrected chi connectivity index (χ3v) is 2.86. The fraction of sp³-hybridized carbons (Fsp3) is 0.200. The minimum absolute atomic E-state index is 0.173. The first-order chi connectivity index (χ1) is 7.19. The highest BCUT2D eigenvalue weighted by Crippen LogP contribution is 2.27. The van der Waals surface area contributed by atoms with Gasteiger partial charge in [-0.05, 0) is 36.9 Å². The Labute approximate surface area is 96.0 Å². The molecule has 0 bridgehead atoms. The van der Waals surface area contributed by atoms with E-state index in [1.54, 1.807) is 25.1 Å². The molecule has 3 nitrogen and oxygen atoms in total. The molecule has 76 valence electrons. The number of rotatable bonds is 2. The third-order valence-electron chi connectivity index (χ3n) is 1.79. The molecule has 1 aromatic heterocycles. The number of halogens is 1. The minimum Gasteiger partial charge on any atom is -0.431 e. The Balaban J connectivity index is 2.35. The van der Waals surface area contributed by atoms with Crippen molar-refractivity contribution in [2.75, 3.05) is 0 Å². The van der Waals surface area contributed by atoms with Crippen LogP contribution in [0.5, 0.6) is 0 Å². The van der Waals surface area contributed by atoms with Crippen molar-refractivity contribution in [3.63, 3.8) is 0 Å². The first kappa shape index (κ1) is 10.3. The molecule has 1 heterocycles. The largest absolute Gasteiger partial charge is 0.431 e. The number of oxazole rings is 1. The zero-order valence-electron chi connectivity index (χ0n) is 7.90. The predicted molar refractivity (Wildman–Crippen MR) is 60.0 cm³/mol. The van der Waals surface area contributed by atoms with E-state index in [9.17, 15) is 0 Å². The lowest BCUT2D eigenvalue weighted by Gasteiger charge is -1.93. The molecule has 0 N–H and O–H groups in total. The summed E-state index contributed by atoms with van der Waals surface area (Å²) in [6.07, 6.45) is 0. The van der Waals surface area contributed by atoms with E-state index in [2.05, 4.69) is 11.1 Å². The van der Waals surface area contributed by atoms with Crippen molar-refractivity contribution in [1.82, 2.24) is 4.98 Å². The number of aromatic nitrogens is 1. The third kappa shape index (κ3) is 2.25. The number of hydrogen-bond acceptors (Lipinski definition) is 4. The van der Waals surface area contributed by atoms with Crippen molar-refractivity contribution in [3.8, 4) is 6.07 Å². The molecular formula is C10H7ClN2OS. The van der Waals surface area contributed by atoms with Crippen LogP contribution in [-0.4, -0.2) is 10.2 Å². The summed E-state index contributed by atoms with van der Waals surface area (Å²) in [6.45, 7) is 1.80. The van der Waals surface area contributed by atoms with Crippen LogP contribution in [0.4, 0.5) is 0 Å². The van der Waals surface area contributed by atoms with E-state index in [4.69, 9.17) is 21.3 Å². The first-order valence-corrected chi connectivity index (χ1v) is 5.57. The molecule has 2 rings (SSSR count). The zero-order valence-corrected chi connectivity index (χ0v) is 9.47. The highest BCUT2D eigenvalue weighted by Gasteiger charge is 2.10. The van der Waals surface area contributed by atoms with Crippen LogP contribution in [0.2, 0.25) is 5.02 Å². The van der Waals surface area contributed by atoms with Crippen LogP contribution in [0.15, 0.2) is 27.8 Å². The van der Waals surface area contributed by atoms with Crippen LogP contribution >= 0.6 is 23.4 Å². The summed E-state index contributed by atoms with van der Waals surface area (Å²) < 4.78 is 5.44. The number of nitrogens with zero attached hydrogens (tertiary/aromatic N) is 2. The summed E-state index contributed by atoms with van der Waals surface area (Å²) in [5.74, 6) is 0. The molecule has 0 saturated heterocycles. The van der Waals surface area contributed by atoms with E-state index >= 15 is 0 Å². The number of hydrogen-bond donors (Lipinski definition) is 0.